The zero-order valence-electron chi connectivity index (χ0n) is 18.4. The van der Waals surface area contributed by atoms with E-state index in [-0.39, 0.29) is 22.8 Å². The van der Waals surface area contributed by atoms with Crippen LogP contribution in [-0.4, -0.2) is 23.1 Å². The van der Waals surface area contributed by atoms with Gasteiger partial charge in [0, 0.05) is 22.0 Å². The largest absolute Gasteiger partial charge is 0.456 e. The van der Waals surface area contributed by atoms with Crippen molar-refractivity contribution in [2.75, 3.05) is 0 Å². The summed E-state index contributed by atoms with van der Waals surface area (Å²) in [5.41, 5.74) is -0.475. The summed E-state index contributed by atoms with van der Waals surface area (Å²) in [6, 6.07) is 0. The standard InChI is InChI=1S/C24H36O4/c1-15(2)19(25)27-21(5,6)23-10-17-9-18(11-23)13-24(12-17,14-23)22(7,8)28-20(26)16(3)4/h17-18H,1,3,9-14H2,2,4-8H3. The summed E-state index contributed by atoms with van der Waals surface area (Å²) in [4.78, 5) is 24.7. The van der Waals surface area contributed by atoms with Crippen molar-refractivity contribution in [3.63, 3.8) is 0 Å². The number of hydrogen-bond donors (Lipinski definition) is 0. The minimum Gasteiger partial charge on any atom is -0.456 e. The second kappa shape index (κ2) is 6.47. The van der Waals surface area contributed by atoms with Crippen molar-refractivity contribution in [2.24, 2.45) is 22.7 Å². The Labute approximate surface area is 169 Å². The highest BCUT2D eigenvalue weighted by atomic mass is 16.6. The van der Waals surface area contributed by atoms with Gasteiger partial charge in [-0.15, -0.1) is 0 Å². The van der Waals surface area contributed by atoms with Crippen molar-refractivity contribution >= 4 is 11.9 Å². The van der Waals surface area contributed by atoms with Gasteiger partial charge in [0.15, 0.2) is 0 Å². The van der Waals surface area contributed by atoms with Crippen molar-refractivity contribution in [2.45, 2.75) is 91.3 Å². The van der Waals surface area contributed by atoms with Crippen molar-refractivity contribution in [3.05, 3.63) is 24.3 Å². The first-order valence-electron chi connectivity index (χ1n) is 10.5. The molecule has 0 radical (unpaired) electrons. The highest BCUT2D eigenvalue weighted by Gasteiger charge is 2.67. The molecule has 0 aliphatic heterocycles. The number of esters is 2. The highest BCUT2D eigenvalue weighted by Crippen LogP contribution is 2.71. The van der Waals surface area contributed by atoms with Gasteiger partial charge >= 0.3 is 11.9 Å². The lowest BCUT2D eigenvalue weighted by molar-refractivity contribution is -0.248. The first-order valence-corrected chi connectivity index (χ1v) is 10.5. The third-order valence-corrected chi connectivity index (χ3v) is 8.01. The molecular formula is C24H36O4. The second-order valence-corrected chi connectivity index (χ2v) is 10.9. The summed E-state index contributed by atoms with van der Waals surface area (Å²) < 4.78 is 12.0. The lowest BCUT2D eigenvalue weighted by Gasteiger charge is -2.68. The second-order valence-electron chi connectivity index (χ2n) is 10.9. The molecular weight excluding hydrogens is 352 g/mol. The van der Waals surface area contributed by atoms with E-state index in [2.05, 4.69) is 40.9 Å². The van der Waals surface area contributed by atoms with E-state index in [9.17, 15) is 9.59 Å². The lowest BCUT2D eigenvalue weighted by Crippen LogP contribution is -2.65. The van der Waals surface area contributed by atoms with E-state index in [1.54, 1.807) is 13.8 Å². The zero-order chi connectivity index (χ0) is 21.1. The van der Waals surface area contributed by atoms with Crippen molar-refractivity contribution in [3.8, 4) is 0 Å². The fraction of sp³-hybridized carbons (Fsp3) is 0.750. The Morgan fingerprint density at radius 3 is 1.39 bits per heavy atom. The summed E-state index contributed by atoms with van der Waals surface area (Å²) in [5, 5.41) is 0. The average molecular weight is 389 g/mol. The Kier molecular flexibility index (Phi) is 4.88. The predicted octanol–water partition coefficient (Wildman–Crippen LogP) is 5.37. The Hall–Kier alpha value is -1.58. The highest BCUT2D eigenvalue weighted by molar-refractivity contribution is 5.87. The molecule has 0 aromatic carbocycles. The van der Waals surface area contributed by atoms with Crippen molar-refractivity contribution in [1.82, 2.24) is 0 Å². The fourth-order valence-electron chi connectivity index (χ4n) is 6.53. The van der Waals surface area contributed by atoms with Crippen LogP contribution in [0.4, 0.5) is 0 Å². The molecule has 4 bridgehead atoms. The Bertz CT molecular complexity index is 655. The number of carbonyl (C=O) groups excluding carboxylic acids is 2. The van der Waals surface area contributed by atoms with Gasteiger partial charge in [0.25, 0.3) is 0 Å². The van der Waals surface area contributed by atoms with Crippen LogP contribution >= 0.6 is 0 Å². The van der Waals surface area contributed by atoms with E-state index in [1.165, 1.54) is 6.42 Å². The van der Waals surface area contributed by atoms with Gasteiger partial charge in [0.2, 0.25) is 0 Å². The molecule has 4 saturated carbocycles. The maximum Gasteiger partial charge on any atom is 0.333 e. The molecule has 4 aliphatic rings. The van der Waals surface area contributed by atoms with Gasteiger partial charge in [-0.2, -0.15) is 0 Å². The molecule has 0 aromatic rings. The third kappa shape index (κ3) is 3.23. The normalized spacial score (nSPS) is 34.1. The summed E-state index contributed by atoms with van der Waals surface area (Å²) in [7, 11) is 0. The van der Waals surface area contributed by atoms with Crippen LogP contribution in [-0.2, 0) is 19.1 Å². The topological polar surface area (TPSA) is 52.6 Å². The van der Waals surface area contributed by atoms with E-state index < -0.39 is 11.2 Å². The molecule has 0 unspecified atom stereocenters. The van der Waals surface area contributed by atoms with Crippen LogP contribution in [0, 0.1) is 22.7 Å². The van der Waals surface area contributed by atoms with Crippen LogP contribution in [0.2, 0.25) is 0 Å². The number of carbonyl (C=O) groups is 2. The Balaban J connectivity index is 1.95. The fourth-order valence-corrected chi connectivity index (χ4v) is 6.53. The monoisotopic (exact) mass is 388 g/mol. The molecule has 0 aromatic heterocycles. The maximum absolute atomic E-state index is 12.3. The molecule has 0 spiro atoms. The van der Waals surface area contributed by atoms with Gasteiger partial charge < -0.3 is 9.47 Å². The van der Waals surface area contributed by atoms with Gasteiger partial charge in [0.05, 0.1) is 0 Å². The van der Waals surface area contributed by atoms with Gasteiger partial charge in [0.1, 0.15) is 11.2 Å². The van der Waals surface area contributed by atoms with Crippen LogP contribution in [0.15, 0.2) is 24.3 Å². The third-order valence-electron chi connectivity index (χ3n) is 8.01. The van der Waals surface area contributed by atoms with Crippen molar-refractivity contribution < 1.29 is 19.1 Å². The molecule has 0 N–H and O–H groups in total. The number of hydrogen-bond acceptors (Lipinski definition) is 4. The molecule has 0 saturated heterocycles. The van der Waals surface area contributed by atoms with Gasteiger partial charge in [-0.3, -0.25) is 0 Å². The maximum atomic E-state index is 12.3. The predicted molar refractivity (Wildman–Crippen MR) is 110 cm³/mol. The van der Waals surface area contributed by atoms with Gasteiger partial charge in [-0.1, -0.05) is 13.2 Å². The van der Waals surface area contributed by atoms with E-state index in [1.807, 2.05) is 0 Å². The van der Waals surface area contributed by atoms with E-state index >= 15 is 0 Å². The smallest absolute Gasteiger partial charge is 0.333 e. The lowest BCUT2D eigenvalue weighted by atomic mass is 9.38. The minimum absolute atomic E-state index is 0.0882. The van der Waals surface area contributed by atoms with E-state index in [4.69, 9.17) is 9.47 Å². The molecule has 4 fully saturated rings. The van der Waals surface area contributed by atoms with Gasteiger partial charge in [-0.05, 0) is 91.9 Å². The van der Waals surface area contributed by atoms with Crippen LogP contribution in [0.25, 0.3) is 0 Å². The van der Waals surface area contributed by atoms with E-state index in [0.29, 0.717) is 23.0 Å². The van der Waals surface area contributed by atoms with Gasteiger partial charge in [-0.25, -0.2) is 9.59 Å². The average Bonchev–Trinajstić information content (AvgIpc) is 2.52. The Morgan fingerprint density at radius 2 is 1.11 bits per heavy atom. The quantitative estimate of drug-likeness (QED) is 0.453. The SMILES string of the molecule is C=C(C)C(=O)OC(C)(C)C12CC3CC(C1)CC(C(C)(C)OC(=O)C(=C)C)(C3)C2. The molecule has 4 heteroatoms. The number of ether oxygens (including phenoxy) is 2. The van der Waals surface area contributed by atoms with Crippen molar-refractivity contribution in [1.29, 1.82) is 0 Å². The van der Waals surface area contributed by atoms with Crippen LogP contribution in [0.1, 0.15) is 80.1 Å². The van der Waals surface area contributed by atoms with Crippen LogP contribution in [0.3, 0.4) is 0 Å². The molecule has 0 amide bonds. The molecule has 0 heterocycles. The zero-order valence-corrected chi connectivity index (χ0v) is 18.4. The molecule has 0 atom stereocenters. The molecule has 28 heavy (non-hydrogen) atoms. The molecule has 4 rings (SSSR count). The summed E-state index contributed by atoms with van der Waals surface area (Å²) in [6.07, 6.45) is 6.45. The minimum atomic E-state index is -0.583. The molecule has 156 valence electrons. The van der Waals surface area contributed by atoms with E-state index in [0.717, 1.165) is 32.1 Å². The first-order chi connectivity index (χ1) is 12.7. The summed E-state index contributed by atoms with van der Waals surface area (Å²) >= 11 is 0. The molecule has 4 aliphatic carbocycles. The van der Waals surface area contributed by atoms with Crippen LogP contribution in [0.5, 0.6) is 0 Å². The van der Waals surface area contributed by atoms with Crippen LogP contribution < -0.4 is 0 Å². The summed E-state index contributed by atoms with van der Waals surface area (Å²) in [5.74, 6) is 0.546. The molecule has 4 nitrogen and oxygen atoms in total. The Morgan fingerprint density at radius 1 is 0.786 bits per heavy atom. The first kappa shape index (κ1) is 21.1. The summed E-state index contributed by atoms with van der Waals surface area (Å²) in [6.45, 7) is 19.1. The number of rotatable bonds is 6.